The molecule has 0 aromatic heterocycles. The van der Waals surface area contributed by atoms with E-state index in [0.29, 0.717) is 0 Å². The molecule has 4 aromatic rings. The van der Waals surface area contributed by atoms with E-state index < -0.39 is 0 Å². The summed E-state index contributed by atoms with van der Waals surface area (Å²) in [5.74, 6) is 0. The number of rotatable bonds is 0. The molecule has 94 valence electrons. The third-order valence-electron chi connectivity index (χ3n) is 4.04. The highest BCUT2D eigenvalue weighted by molar-refractivity contribution is 6.12. The van der Waals surface area contributed by atoms with Crippen molar-refractivity contribution in [1.82, 2.24) is 0 Å². The van der Waals surface area contributed by atoms with Crippen LogP contribution in [-0.2, 0) is 0 Å². The van der Waals surface area contributed by atoms with E-state index in [9.17, 15) is 0 Å². The zero-order valence-electron chi connectivity index (χ0n) is 11.2. The highest BCUT2D eigenvalue weighted by atomic mass is 14.1. The first-order valence-electron chi connectivity index (χ1n) is 6.76. The Morgan fingerprint density at radius 3 is 2.05 bits per heavy atom. The maximum atomic E-state index is 4.19. The number of hydrogen-bond acceptors (Lipinski definition) is 0. The molecule has 0 heterocycles. The summed E-state index contributed by atoms with van der Waals surface area (Å²) < 4.78 is 0. The molecule has 0 unspecified atom stereocenters. The molecule has 4 aromatic carbocycles. The topological polar surface area (TPSA) is 0 Å². The van der Waals surface area contributed by atoms with Gasteiger partial charge in [0.05, 0.1) is 0 Å². The maximum Gasteiger partial charge on any atom is -0.00386 e. The average molecular weight is 254 g/mol. The minimum Gasteiger partial charge on any atom is -0.0911 e. The van der Waals surface area contributed by atoms with Crippen LogP contribution in [0.15, 0.2) is 60.7 Å². The van der Waals surface area contributed by atoms with Crippen molar-refractivity contribution in [3.05, 3.63) is 71.1 Å². The number of fused-ring (bicyclic) bond motifs is 4. The zero-order chi connectivity index (χ0) is 13.7. The molecule has 0 radical (unpaired) electrons. The van der Waals surface area contributed by atoms with E-state index in [-0.39, 0.29) is 0 Å². The van der Waals surface area contributed by atoms with Crippen molar-refractivity contribution in [2.24, 2.45) is 0 Å². The summed E-state index contributed by atoms with van der Waals surface area (Å²) in [5.41, 5.74) is 0. The molecule has 0 bridgehead atoms. The van der Waals surface area contributed by atoms with Crippen molar-refractivity contribution in [1.29, 1.82) is 0 Å². The first-order valence-corrected chi connectivity index (χ1v) is 6.76. The van der Waals surface area contributed by atoms with Crippen molar-refractivity contribution in [3.63, 3.8) is 0 Å². The van der Waals surface area contributed by atoms with Gasteiger partial charge in [-0.1, -0.05) is 61.7 Å². The van der Waals surface area contributed by atoms with Gasteiger partial charge in [0, 0.05) is 0 Å². The van der Waals surface area contributed by atoms with Crippen molar-refractivity contribution in [2.45, 2.75) is 0 Å². The number of hydrogen-bond donors (Lipinski definition) is 0. The van der Waals surface area contributed by atoms with Gasteiger partial charge in [-0.15, -0.1) is 0 Å². The predicted molar refractivity (Wildman–Crippen MR) is 89.3 cm³/mol. The molecule has 0 heteroatoms. The standard InChI is InChI=1S/C20H14/c1-13-5-3-8-16-11-17-10-9-15-7-4-6-14(2)20(15)19(17)12-18(13)16/h3-12H,1-2H2. The minimum atomic E-state index is 1.07. The van der Waals surface area contributed by atoms with Crippen LogP contribution in [0.3, 0.4) is 0 Å². The first kappa shape index (κ1) is 11.2. The third-order valence-corrected chi connectivity index (χ3v) is 4.04. The van der Waals surface area contributed by atoms with E-state index >= 15 is 0 Å². The monoisotopic (exact) mass is 254 g/mol. The Bertz CT molecular complexity index is 1070. The van der Waals surface area contributed by atoms with E-state index in [1.54, 1.807) is 0 Å². The van der Waals surface area contributed by atoms with Gasteiger partial charge in [-0.25, -0.2) is 0 Å². The largest absolute Gasteiger partial charge is 0.0911 e. The van der Waals surface area contributed by atoms with Gasteiger partial charge in [-0.2, -0.15) is 0 Å². The molecular formula is C20H14. The summed E-state index contributed by atoms with van der Waals surface area (Å²) in [6, 6.07) is 21.4. The molecule has 0 fully saturated rings. The Hall–Kier alpha value is -2.60. The quantitative estimate of drug-likeness (QED) is 0.329. The van der Waals surface area contributed by atoms with Gasteiger partial charge >= 0.3 is 0 Å². The van der Waals surface area contributed by atoms with E-state index in [1.165, 1.54) is 32.3 Å². The van der Waals surface area contributed by atoms with Crippen LogP contribution in [0.1, 0.15) is 0 Å². The molecule has 0 nitrogen and oxygen atoms in total. The second kappa shape index (κ2) is 3.94. The molecule has 0 saturated carbocycles. The second-order valence-corrected chi connectivity index (χ2v) is 5.29. The van der Waals surface area contributed by atoms with E-state index in [0.717, 1.165) is 10.4 Å². The Balaban J connectivity index is 2.36. The molecule has 0 N–H and O–H groups in total. The Kier molecular flexibility index (Phi) is 2.22. The fourth-order valence-electron chi connectivity index (χ4n) is 3.03. The average Bonchev–Trinajstić information content (AvgIpc) is 2.46. The molecular weight excluding hydrogens is 240 g/mol. The molecule has 4 rings (SSSR count). The van der Waals surface area contributed by atoms with Crippen LogP contribution in [0.2, 0.25) is 0 Å². The highest BCUT2D eigenvalue weighted by Gasteiger charge is 2.03. The number of benzene rings is 4. The Labute approximate surface area is 117 Å². The lowest BCUT2D eigenvalue weighted by Gasteiger charge is -2.07. The Morgan fingerprint density at radius 2 is 1.20 bits per heavy atom. The lowest BCUT2D eigenvalue weighted by atomic mass is 9.97. The highest BCUT2D eigenvalue weighted by Crippen LogP contribution is 2.26. The maximum absolute atomic E-state index is 4.19. The molecule has 20 heavy (non-hydrogen) atoms. The van der Waals surface area contributed by atoms with Crippen LogP contribution in [0.4, 0.5) is 0 Å². The van der Waals surface area contributed by atoms with Crippen molar-refractivity contribution >= 4 is 45.5 Å². The summed E-state index contributed by atoms with van der Waals surface area (Å²) in [6.45, 7) is 8.33. The summed E-state index contributed by atoms with van der Waals surface area (Å²) >= 11 is 0. The van der Waals surface area contributed by atoms with E-state index in [2.05, 4.69) is 73.8 Å². The van der Waals surface area contributed by atoms with Gasteiger partial charge in [0.2, 0.25) is 0 Å². The van der Waals surface area contributed by atoms with Gasteiger partial charge in [0.15, 0.2) is 0 Å². The zero-order valence-corrected chi connectivity index (χ0v) is 11.2. The first-order chi connectivity index (χ1) is 9.74. The summed E-state index contributed by atoms with van der Waals surface area (Å²) in [5, 5.41) is 9.61. The van der Waals surface area contributed by atoms with Crippen LogP contribution >= 0.6 is 0 Å². The van der Waals surface area contributed by atoms with Crippen LogP contribution in [0.5, 0.6) is 0 Å². The summed E-state index contributed by atoms with van der Waals surface area (Å²) in [7, 11) is 0. The van der Waals surface area contributed by atoms with Gasteiger partial charge in [-0.05, 0) is 54.9 Å². The van der Waals surface area contributed by atoms with Gasteiger partial charge in [0.1, 0.15) is 0 Å². The molecule has 0 atom stereocenters. The lowest BCUT2D eigenvalue weighted by molar-refractivity contribution is 1.70. The van der Waals surface area contributed by atoms with Gasteiger partial charge in [-0.3, -0.25) is 0 Å². The van der Waals surface area contributed by atoms with Gasteiger partial charge < -0.3 is 0 Å². The second-order valence-electron chi connectivity index (χ2n) is 5.29. The summed E-state index contributed by atoms with van der Waals surface area (Å²) in [4.78, 5) is 0. The fourth-order valence-corrected chi connectivity index (χ4v) is 3.03. The lowest BCUT2D eigenvalue weighted by Crippen LogP contribution is -2.00. The molecule has 0 amide bonds. The van der Waals surface area contributed by atoms with E-state index in [1.807, 2.05) is 0 Å². The van der Waals surface area contributed by atoms with Crippen LogP contribution in [0, 0.1) is 0 Å². The van der Waals surface area contributed by atoms with Crippen molar-refractivity contribution in [3.8, 4) is 0 Å². The SMILES string of the molecule is C=c1cccc2cc3ccc4cccc(=C)c4c3cc12. The molecule has 0 aliphatic carbocycles. The molecule has 0 aliphatic heterocycles. The third kappa shape index (κ3) is 1.48. The molecule has 0 spiro atoms. The normalized spacial score (nSPS) is 11.4. The van der Waals surface area contributed by atoms with Gasteiger partial charge in [0.25, 0.3) is 0 Å². The Morgan fingerprint density at radius 1 is 0.550 bits per heavy atom. The van der Waals surface area contributed by atoms with Crippen LogP contribution < -0.4 is 10.4 Å². The van der Waals surface area contributed by atoms with Crippen molar-refractivity contribution < 1.29 is 0 Å². The van der Waals surface area contributed by atoms with Crippen LogP contribution in [0.25, 0.3) is 45.5 Å². The van der Waals surface area contributed by atoms with E-state index in [4.69, 9.17) is 0 Å². The minimum absolute atomic E-state index is 1.07. The fraction of sp³-hybridized carbons (Fsp3) is 0. The molecule has 0 aliphatic rings. The summed E-state index contributed by atoms with van der Waals surface area (Å²) in [6.07, 6.45) is 0. The smallest absolute Gasteiger partial charge is 0.00386 e. The molecule has 0 saturated heterocycles. The predicted octanol–water partition coefficient (Wildman–Crippen LogP) is 3.97. The van der Waals surface area contributed by atoms with Crippen LogP contribution in [-0.4, -0.2) is 0 Å². The van der Waals surface area contributed by atoms with Crippen molar-refractivity contribution in [2.75, 3.05) is 0 Å².